The third-order valence-electron chi connectivity index (χ3n) is 4.40. The van der Waals surface area contributed by atoms with Crippen LogP contribution in [0.3, 0.4) is 0 Å². The van der Waals surface area contributed by atoms with E-state index in [9.17, 15) is 5.11 Å². The second kappa shape index (κ2) is 15.0. The predicted octanol–water partition coefficient (Wildman–Crippen LogP) is 4.95. The summed E-state index contributed by atoms with van der Waals surface area (Å²) in [6.07, 6.45) is 16.3. The molecule has 1 N–H and O–H groups in total. The number of unbranched alkanes of at least 4 members (excludes halogenated alkanes) is 11. The second-order valence-corrected chi connectivity index (χ2v) is 9.57. The van der Waals surface area contributed by atoms with Gasteiger partial charge in [-0.25, -0.2) is 0 Å². The van der Waals surface area contributed by atoms with Crippen LogP contribution in [-0.2, 0) is 8.85 Å². The Morgan fingerprint density at radius 3 is 1.38 bits per heavy atom. The van der Waals surface area contributed by atoms with Crippen LogP contribution in [0.2, 0.25) is 6.04 Å². The normalized spacial score (nSPS) is 12.0. The van der Waals surface area contributed by atoms with Gasteiger partial charge in [-0.15, -0.1) is 0 Å². The number of hydrogen-bond acceptors (Lipinski definition) is 3. The van der Waals surface area contributed by atoms with Crippen LogP contribution in [0.4, 0.5) is 0 Å². The Balaban J connectivity index is 3.29. The zero-order chi connectivity index (χ0) is 15.8. The van der Waals surface area contributed by atoms with E-state index in [1.54, 1.807) is 14.2 Å². The van der Waals surface area contributed by atoms with Crippen LogP contribution >= 0.6 is 0 Å². The van der Waals surface area contributed by atoms with Gasteiger partial charge in [0.2, 0.25) is 0 Å². The van der Waals surface area contributed by atoms with Crippen molar-refractivity contribution >= 4 is 8.56 Å². The topological polar surface area (TPSA) is 38.7 Å². The number of aliphatic hydroxyl groups excluding tert-OH is 1. The molecule has 0 amide bonds. The highest BCUT2D eigenvalue weighted by molar-refractivity contribution is 6.67. The van der Waals surface area contributed by atoms with Crippen molar-refractivity contribution in [2.24, 2.45) is 0 Å². The van der Waals surface area contributed by atoms with E-state index in [-0.39, 0.29) is 6.23 Å². The van der Waals surface area contributed by atoms with Gasteiger partial charge in [-0.05, 0) is 6.04 Å². The van der Waals surface area contributed by atoms with E-state index < -0.39 is 8.56 Å². The molecule has 0 aliphatic rings. The number of aliphatic hydroxyl groups is 1. The van der Waals surface area contributed by atoms with Crippen molar-refractivity contribution in [3.63, 3.8) is 0 Å². The monoisotopic (exact) mass is 318 g/mol. The molecule has 0 aromatic heterocycles. The Bertz CT molecular complexity index is 200. The van der Waals surface area contributed by atoms with Crippen molar-refractivity contribution in [3.05, 3.63) is 0 Å². The average Bonchev–Trinajstić information content (AvgIpc) is 2.53. The summed E-state index contributed by atoms with van der Waals surface area (Å²) in [6, 6.07) is 0.911. The molecule has 0 fully saturated rings. The van der Waals surface area contributed by atoms with Crippen LogP contribution in [0.25, 0.3) is 0 Å². The molecule has 0 saturated carbocycles. The maximum atomic E-state index is 9.37. The molecule has 0 atom stereocenters. The van der Waals surface area contributed by atoms with Gasteiger partial charge in [-0.2, -0.15) is 0 Å². The van der Waals surface area contributed by atoms with Crippen LogP contribution in [0.1, 0.15) is 84.0 Å². The molecular weight excluding hydrogens is 280 g/mol. The van der Waals surface area contributed by atoms with Crippen molar-refractivity contribution in [3.8, 4) is 0 Å². The third kappa shape index (κ3) is 11.3. The summed E-state index contributed by atoms with van der Waals surface area (Å²) >= 11 is 0. The Morgan fingerprint density at radius 2 is 1.05 bits per heavy atom. The third-order valence-corrected chi connectivity index (χ3v) is 7.48. The standard InChI is InChI=1S/C17H38O3Si/c1-4-5-6-7-8-9-10-11-12-13-14-15-16-21(17-18,19-2)20-3/h18H,4-17H2,1-3H3. The molecule has 0 heterocycles. The lowest BCUT2D eigenvalue weighted by Crippen LogP contribution is -2.44. The maximum absolute atomic E-state index is 9.37. The first-order valence-electron chi connectivity index (χ1n) is 8.96. The van der Waals surface area contributed by atoms with Gasteiger partial charge in [0.15, 0.2) is 0 Å². The quantitative estimate of drug-likeness (QED) is 0.323. The molecule has 0 spiro atoms. The molecule has 3 nitrogen and oxygen atoms in total. The van der Waals surface area contributed by atoms with Crippen molar-refractivity contribution < 1.29 is 14.0 Å². The van der Waals surface area contributed by atoms with Crippen molar-refractivity contribution in [2.75, 3.05) is 20.4 Å². The van der Waals surface area contributed by atoms with Gasteiger partial charge in [0.25, 0.3) is 0 Å². The predicted molar refractivity (Wildman–Crippen MR) is 92.7 cm³/mol. The fourth-order valence-corrected chi connectivity index (χ4v) is 4.51. The average molecular weight is 319 g/mol. The van der Waals surface area contributed by atoms with Crippen molar-refractivity contribution in [1.29, 1.82) is 0 Å². The van der Waals surface area contributed by atoms with Gasteiger partial charge in [0, 0.05) is 14.2 Å². The first kappa shape index (κ1) is 21.1. The highest BCUT2D eigenvalue weighted by atomic mass is 28.4. The summed E-state index contributed by atoms with van der Waals surface area (Å²) in [5, 5.41) is 9.37. The van der Waals surface area contributed by atoms with Gasteiger partial charge in [-0.1, -0.05) is 84.0 Å². The van der Waals surface area contributed by atoms with Gasteiger partial charge in [0.05, 0.1) is 6.23 Å². The van der Waals surface area contributed by atoms with E-state index in [1.165, 1.54) is 70.6 Å². The molecule has 0 aliphatic carbocycles. The van der Waals surface area contributed by atoms with E-state index in [1.807, 2.05) is 0 Å². The smallest absolute Gasteiger partial charge is 0.363 e. The number of hydrogen-bond donors (Lipinski definition) is 1. The van der Waals surface area contributed by atoms with E-state index in [4.69, 9.17) is 8.85 Å². The highest BCUT2D eigenvalue weighted by Crippen LogP contribution is 2.17. The molecule has 0 rings (SSSR count). The highest BCUT2D eigenvalue weighted by Gasteiger charge is 2.33. The van der Waals surface area contributed by atoms with Crippen LogP contribution < -0.4 is 0 Å². The molecule has 0 unspecified atom stereocenters. The molecule has 0 aliphatic heterocycles. The van der Waals surface area contributed by atoms with Crippen molar-refractivity contribution in [2.45, 2.75) is 90.0 Å². The maximum Gasteiger partial charge on any atom is 0.363 e. The van der Waals surface area contributed by atoms with E-state index in [0.717, 1.165) is 12.5 Å². The Labute approximate surface area is 133 Å². The largest absolute Gasteiger partial charge is 0.396 e. The lowest BCUT2D eigenvalue weighted by atomic mass is 10.1. The summed E-state index contributed by atoms with van der Waals surface area (Å²) < 4.78 is 10.8. The fraction of sp³-hybridized carbons (Fsp3) is 1.00. The summed E-state index contributed by atoms with van der Waals surface area (Å²) in [6.45, 7) is 2.27. The fourth-order valence-electron chi connectivity index (χ4n) is 2.73. The number of rotatable bonds is 16. The minimum atomic E-state index is -2.26. The minimum Gasteiger partial charge on any atom is -0.396 e. The van der Waals surface area contributed by atoms with E-state index in [0.29, 0.717) is 0 Å². The van der Waals surface area contributed by atoms with Gasteiger partial charge >= 0.3 is 8.56 Å². The first-order chi connectivity index (χ1) is 10.2. The zero-order valence-electron chi connectivity index (χ0n) is 14.7. The van der Waals surface area contributed by atoms with Gasteiger partial charge in [0.1, 0.15) is 0 Å². The van der Waals surface area contributed by atoms with Crippen LogP contribution in [0, 0.1) is 0 Å². The molecule has 21 heavy (non-hydrogen) atoms. The second-order valence-electron chi connectivity index (χ2n) is 6.12. The van der Waals surface area contributed by atoms with Crippen LogP contribution in [0.15, 0.2) is 0 Å². The van der Waals surface area contributed by atoms with Gasteiger partial charge in [-0.3, -0.25) is 0 Å². The Morgan fingerprint density at radius 1 is 0.667 bits per heavy atom. The molecule has 0 bridgehead atoms. The summed E-state index contributed by atoms with van der Waals surface area (Å²) in [4.78, 5) is 0. The lowest BCUT2D eigenvalue weighted by Gasteiger charge is -2.24. The molecule has 0 aromatic carbocycles. The zero-order valence-corrected chi connectivity index (χ0v) is 15.7. The van der Waals surface area contributed by atoms with Crippen LogP contribution in [-0.4, -0.2) is 34.1 Å². The molecule has 0 radical (unpaired) electrons. The summed E-state index contributed by atoms with van der Waals surface area (Å²) in [5.41, 5.74) is 0. The SMILES string of the molecule is CCCCCCCCCCCCCC[Si](CO)(OC)OC. The molecule has 0 aromatic rings. The van der Waals surface area contributed by atoms with E-state index in [2.05, 4.69) is 6.92 Å². The lowest BCUT2D eigenvalue weighted by molar-refractivity contribution is 0.195. The van der Waals surface area contributed by atoms with Crippen molar-refractivity contribution in [1.82, 2.24) is 0 Å². The molecular formula is C17H38O3Si. The minimum absolute atomic E-state index is 0.0675. The molecule has 4 heteroatoms. The summed E-state index contributed by atoms with van der Waals surface area (Å²) in [5.74, 6) is 0. The molecule has 128 valence electrons. The Kier molecular flexibility index (Phi) is 15.1. The van der Waals surface area contributed by atoms with E-state index >= 15 is 0 Å². The first-order valence-corrected chi connectivity index (χ1v) is 11.2. The summed E-state index contributed by atoms with van der Waals surface area (Å²) in [7, 11) is 1.06. The van der Waals surface area contributed by atoms with Gasteiger partial charge < -0.3 is 14.0 Å². The molecule has 0 saturated heterocycles. The van der Waals surface area contributed by atoms with Crippen LogP contribution in [0.5, 0.6) is 0 Å². The Hall–Kier alpha value is 0.0969.